The average molecular weight is 248 g/mol. The lowest BCUT2D eigenvalue weighted by atomic mass is 10.1. The maximum atomic E-state index is 11.7. The van der Waals surface area contributed by atoms with Crippen molar-refractivity contribution in [3.05, 3.63) is 23.3 Å². The highest BCUT2D eigenvalue weighted by atomic mass is 16.5. The first-order valence-corrected chi connectivity index (χ1v) is 6.33. The van der Waals surface area contributed by atoms with E-state index in [2.05, 4.69) is 11.8 Å². The zero-order valence-corrected chi connectivity index (χ0v) is 11.2. The molecule has 2 N–H and O–H groups in total. The lowest BCUT2D eigenvalue weighted by Crippen LogP contribution is -2.25. The molecule has 0 spiro atoms. The summed E-state index contributed by atoms with van der Waals surface area (Å²) in [7, 11) is 1.38. The molecule has 0 heterocycles. The molecule has 0 aliphatic heterocycles. The van der Waals surface area contributed by atoms with Crippen LogP contribution in [0.5, 0.6) is 0 Å². The molecular weight excluding hydrogens is 228 g/mol. The number of nitrogens with zero attached hydrogens (tertiary/aromatic N) is 1. The SMILES string of the molecule is CCN(c1cc(C)c(N)c(C(=O)OC)c1)C1CC1. The van der Waals surface area contributed by atoms with Gasteiger partial charge in [-0.2, -0.15) is 0 Å². The van der Waals surface area contributed by atoms with Gasteiger partial charge < -0.3 is 15.4 Å². The van der Waals surface area contributed by atoms with Gasteiger partial charge in [-0.3, -0.25) is 0 Å². The molecule has 1 aromatic carbocycles. The number of hydrogen-bond acceptors (Lipinski definition) is 4. The van der Waals surface area contributed by atoms with Crippen LogP contribution < -0.4 is 10.6 Å². The Morgan fingerprint density at radius 3 is 2.67 bits per heavy atom. The molecule has 98 valence electrons. The van der Waals surface area contributed by atoms with Gasteiger partial charge in [0.15, 0.2) is 0 Å². The molecule has 4 heteroatoms. The molecule has 0 aromatic heterocycles. The lowest BCUT2D eigenvalue weighted by molar-refractivity contribution is 0.0602. The maximum absolute atomic E-state index is 11.7. The summed E-state index contributed by atoms with van der Waals surface area (Å²) in [5.41, 5.74) is 8.90. The van der Waals surface area contributed by atoms with E-state index in [4.69, 9.17) is 10.5 Å². The number of hydrogen-bond donors (Lipinski definition) is 1. The second kappa shape index (κ2) is 4.88. The quantitative estimate of drug-likeness (QED) is 0.656. The normalized spacial score (nSPS) is 14.4. The van der Waals surface area contributed by atoms with Gasteiger partial charge in [0.2, 0.25) is 0 Å². The van der Waals surface area contributed by atoms with E-state index in [1.807, 2.05) is 19.1 Å². The van der Waals surface area contributed by atoms with E-state index >= 15 is 0 Å². The number of rotatable bonds is 4. The van der Waals surface area contributed by atoms with Gasteiger partial charge >= 0.3 is 5.97 Å². The van der Waals surface area contributed by atoms with Gasteiger partial charge in [0.05, 0.1) is 12.7 Å². The second-order valence-electron chi connectivity index (χ2n) is 4.73. The van der Waals surface area contributed by atoms with Crippen LogP contribution in [-0.2, 0) is 4.74 Å². The molecule has 0 atom stereocenters. The Morgan fingerprint density at radius 2 is 2.17 bits per heavy atom. The molecule has 1 fully saturated rings. The predicted octanol–water partition coefficient (Wildman–Crippen LogP) is 2.35. The van der Waals surface area contributed by atoms with Gasteiger partial charge in [0.1, 0.15) is 0 Å². The summed E-state index contributed by atoms with van der Waals surface area (Å²) in [5, 5.41) is 0. The van der Waals surface area contributed by atoms with Crippen molar-refractivity contribution in [1.29, 1.82) is 0 Å². The topological polar surface area (TPSA) is 55.6 Å². The summed E-state index contributed by atoms with van der Waals surface area (Å²) in [4.78, 5) is 14.0. The molecule has 4 nitrogen and oxygen atoms in total. The van der Waals surface area contributed by atoms with Gasteiger partial charge in [-0.1, -0.05) is 0 Å². The predicted molar refractivity (Wildman–Crippen MR) is 73.0 cm³/mol. The molecule has 1 aliphatic carbocycles. The van der Waals surface area contributed by atoms with E-state index in [1.54, 1.807) is 0 Å². The van der Waals surface area contributed by atoms with Crippen molar-refractivity contribution in [1.82, 2.24) is 0 Å². The first-order valence-electron chi connectivity index (χ1n) is 6.33. The molecule has 0 saturated heterocycles. The molecule has 0 radical (unpaired) electrons. The summed E-state index contributed by atoms with van der Waals surface area (Å²) < 4.78 is 4.78. The van der Waals surface area contributed by atoms with Crippen LogP contribution in [0.15, 0.2) is 12.1 Å². The monoisotopic (exact) mass is 248 g/mol. The van der Waals surface area contributed by atoms with E-state index in [9.17, 15) is 4.79 Å². The van der Waals surface area contributed by atoms with Crippen molar-refractivity contribution in [3.63, 3.8) is 0 Å². The highest BCUT2D eigenvalue weighted by Crippen LogP contribution is 2.34. The van der Waals surface area contributed by atoms with Crippen molar-refractivity contribution in [3.8, 4) is 0 Å². The van der Waals surface area contributed by atoms with E-state index in [0.717, 1.165) is 17.8 Å². The molecular formula is C14H20N2O2. The van der Waals surface area contributed by atoms with Gasteiger partial charge in [-0.15, -0.1) is 0 Å². The Kier molecular flexibility index (Phi) is 3.45. The number of nitrogen functional groups attached to an aromatic ring is 1. The minimum Gasteiger partial charge on any atom is -0.465 e. The van der Waals surface area contributed by atoms with Crippen LogP contribution in [0.2, 0.25) is 0 Å². The molecule has 18 heavy (non-hydrogen) atoms. The van der Waals surface area contributed by atoms with Crippen molar-refractivity contribution < 1.29 is 9.53 Å². The van der Waals surface area contributed by atoms with Crippen LogP contribution in [0.1, 0.15) is 35.7 Å². The fraction of sp³-hybridized carbons (Fsp3) is 0.500. The highest BCUT2D eigenvalue weighted by Gasteiger charge is 2.29. The zero-order valence-electron chi connectivity index (χ0n) is 11.2. The van der Waals surface area contributed by atoms with Crippen LogP contribution in [0, 0.1) is 6.92 Å². The van der Waals surface area contributed by atoms with Crippen molar-refractivity contribution >= 4 is 17.3 Å². The Hall–Kier alpha value is -1.71. The highest BCUT2D eigenvalue weighted by molar-refractivity contribution is 5.97. The lowest BCUT2D eigenvalue weighted by Gasteiger charge is -2.24. The Bertz CT molecular complexity index is 467. The molecule has 0 unspecified atom stereocenters. The third-order valence-electron chi connectivity index (χ3n) is 3.44. The summed E-state index contributed by atoms with van der Waals surface area (Å²) in [5.74, 6) is -0.371. The van der Waals surface area contributed by atoms with E-state index in [1.165, 1.54) is 20.0 Å². The van der Waals surface area contributed by atoms with Crippen LogP contribution in [0.4, 0.5) is 11.4 Å². The average Bonchev–Trinajstić information content (AvgIpc) is 3.18. The molecule has 1 saturated carbocycles. The summed E-state index contributed by atoms with van der Waals surface area (Å²) in [6.45, 7) is 4.99. The largest absolute Gasteiger partial charge is 0.465 e. The van der Waals surface area contributed by atoms with Crippen LogP contribution in [0.3, 0.4) is 0 Å². The third-order valence-corrected chi connectivity index (χ3v) is 3.44. The number of carbonyl (C=O) groups excluding carboxylic acids is 1. The molecule has 1 aromatic rings. The zero-order chi connectivity index (χ0) is 13.3. The second-order valence-corrected chi connectivity index (χ2v) is 4.73. The number of benzene rings is 1. The van der Waals surface area contributed by atoms with Gasteiger partial charge in [0, 0.05) is 24.0 Å². The number of methoxy groups -OCH3 is 1. The number of carbonyl (C=O) groups is 1. The summed E-state index contributed by atoms with van der Waals surface area (Å²) in [6.07, 6.45) is 2.45. The van der Waals surface area contributed by atoms with Crippen molar-refractivity contribution in [2.75, 3.05) is 24.3 Å². The van der Waals surface area contributed by atoms with Gasteiger partial charge in [-0.05, 0) is 44.4 Å². The number of esters is 1. The Labute approximate surface area is 108 Å². The van der Waals surface area contributed by atoms with Crippen molar-refractivity contribution in [2.24, 2.45) is 0 Å². The molecule has 2 rings (SSSR count). The summed E-state index contributed by atoms with van der Waals surface area (Å²) in [6, 6.07) is 4.50. The minimum absolute atomic E-state index is 0.371. The molecule has 1 aliphatic rings. The third kappa shape index (κ3) is 2.28. The van der Waals surface area contributed by atoms with Crippen LogP contribution in [0.25, 0.3) is 0 Å². The number of nitrogens with two attached hydrogens (primary N) is 1. The van der Waals surface area contributed by atoms with Gasteiger partial charge in [-0.25, -0.2) is 4.79 Å². The minimum atomic E-state index is -0.371. The number of anilines is 2. The fourth-order valence-corrected chi connectivity index (χ4v) is 2.26. The van der Waals surface area contributed by atoms with Crippen molar-refractivity contribution in [2.45, 2.75) is 32.7 Å². The smallest absolute Gasteiger partial charge is 0.340 e. The Balaban J connectivity index is 2.42. The van der Waals surface area contributed by atoms with E-state index < -0.39 is 0 Å². The fourth-order valence-electron chi connectivity index (χ4n) is 2.26. The van der Waals surface area contributed by atoms with E-state index in [0.29, 0.717) is 17.3 Å². The first kappa shape index (κ1) is 12.7. The van der Waals surface area contributed by atoms with Crippen LogP contribution >= 0.6 is 0 Å². The van der Waals surface area contributed by atoms with E-state index in [-0.39, 0.29) is 5.97 Å². The van der Waals surface area contributed by atoms with Crippen LogP contribution in [-0.4, -0.2) is 25.7 Å². The molecule has 0 amide bonds. The molecule has 0 bridgehead atoms. The first-order chi connectivity index (χ1) is 8.58. The standard InChI is InChI=1S/C14H20N2O2/c1-4-16(10-5-6-10)11-7-9(2)13(15)12(8-11)14(17)18-3/h7-8,10H,4-6,15H2,1-3H3. The maximum Gasteiger partial charge on any atom is 0.340 e. The van der Waals surface area contributed by atoms with Gasteiger partial charge in [0.25, 0.3) is 0 Å². The number of ether oxygens (including phenoxy) is 1. The number of aryl methyl sites for hydroxylation is 1. The summed E-state index contributed by atoms with van der Waals surface area (Å²) >= 11 is 0. The Morgan fingerprint density at radius 1 is 1.50 bits per heavy atom.